The number of carbonyl (C=O) groups is 2. The molecule has 2 rings (SSSR count). The van der Waals surface area contributed by atoms with E-state index in [0.717, 1.165) is 22.7 Å². The van der Waals surface area contributed by atoms with Crippen molar-refractivity contribution in [2.75, 3.05) is 10.8 Å². The first-order valence-corrected chi connectivity index (χ1v) is 7.91. The van der Waals surface area contributed by atoms with Crippen molar-refractivity contribution in [1.82, 2.24) is 5.32 Å². The maximum atomic E-state index is 13.3. The fourth-order valence-electron chi connectivity index (χ4n) is 1.96. The van der Waals surface area contributed by atoms with Crippen molar-refractivity contribution in [3.63, 3.8) is 0 Å². The summed E-state index contributed by atoms with van der Waals surface area (Å²) in [6.07, 6.45) is -5.67. The first kappa shape index (κ1) is 18.4. The van der Waals surface area contributed by atoms with E-state index in [1.165, 1.54) is 0 Å². The van der Waals surface area contributed by atoms with Gasteiger partial charge < -0.3 is 10.1 Å². The summed E-state index contributed by atoms with van der Waals surface area (Å²) < 4.78 is 56.5. The second-order valence-electron chi connectivity index (χ2n) is 5.26. The molecule has 1 unspecified atom stereocenters. The van der Waals surface area contributed by atoms with Gasteiger partial charge in [-0.1, -0.05) is 11.8 Å². The Labute approximate surface area is 139 Å². The van der Waals surface area contributed by atoms with Crippen LogP contribution in [0.1, 0.15) is 19.4 Å². The Morgan fingerprint density at radius 1 is 1.42 bits per heavy atom. The predicted molar refractivity (Wildman–Crippen MR) is 79.9 cm³/mol. The largest absolute Gasteiger partial charge is 0.425 e. The minimum atomic E-state index is -4.87. The maximum absolute atomic E-state index is 13.3. The zero-order valence-electron chi connectivity index (χ0n) is 12.7. The molecule has 1 aliphatic heterocycles. The van der Waals surface area contributed by atoms with E-state index in [-0.39, 0.29) is 17.6 Å². The Morgan fingerprint density at radius 2 is 2.08 bits per heavy atom. The highest BCUT2D eigenvalue weighted by molar-refractivity contribution is 8.01. The average Bonchev–Trinajstić information content (AvgIpc) is 2.79. The van der Waals surface area contributed by atoms with Crippen LogP contribution in [0.3, 0.4) is 0 Å². The SMILES string of the molecule is CC(C)NC(=O)OC1SCN(c2ccc(F)c(C(F)(F)F)c2)C1=O. The second-order valence-corrected chi connectivity index (χ2v) is 6.28. The number of carbonyl (C=O) groups excluding carboxylic acids is 2. The zero-order chi connectivity index (χ0) is 18.1. The highest BCUT2D eigenvalue weighted by Gasteiger charge is 2.39. The molecule has 1 fully saturated rings. The van der Waals surface area contributed by atoms with Gasteiger partial charge in [0.05, 0.1) is 11.4 Å². The number of alkyl halides is 3. The standard InChI is InChI=1S/C14H14F4N2O3S/c1-7(2)19-13(22)23-12-11(21)20(6-24-12)8-3-4-10(15)9(5-8)14(16,17)18/h3-5,7,12H,6H2,1-2H3,(H,19,22). The number of hydrogen-bond acceptors (Lipinski definition) is 4. The Bertz CT molecular complexity index is 651. The van der Waals surface area contributed by atoms with Gasteiger partial charge in [0.1, 0.15) is 5.82 Å². The molecule has 1 aromatic rings. The molecular weight excluding hydrogens is 352 g/mol. The maximum Gasteiger partial charge on any atom is 0.419 e. The first-order chi connectivity index (χ1) is 11.1. The molecular formula is C14H14F4N2O3S. The number of ether oxygens (including phenoxy) is 1. The number of nitrogens with zero attached hydrogens (tertiary/aromatic N) is 1. The molecule has 1 saturated heterocycles. The number of benzene rings is 1. The monoisotopic (exact) mass is 366 g/mol. The van der Waals surface area contributed by atoms with Gasteiger partial charge in [0, 0.05) is 11.7 Å². The van der Waals surface area contributed by atoms with Crippen molar-refractivity contribution in [1.29, 1.82) is 0 Å². The molecule has 2 amide bonds. The van der Waals surface area contributed by atoms with Gasteiger partial charge in [-0.05, 0) is 32.0 Å². The summed E-state index contributed by atoms with van der Waals surface area (Å²) in [5.41, 5.74) is -2.74. The third-order valence-electron chi connectivity index (χ3n) is 3.01. The number of rotatable bonds is 3. The van der Waals surface area contributed by atoms with Crippen LogP contribution in [0.15, 0.2) is 18.2 Å². The highest BCUT2D eigenvalue weighted by Crippen LogP contribution is 2.36. The smallest absolute Gasteiger partial charge is 0.419 e. The van der Waals surface area contributed by atoms with E-state index < -0.39 is 35.0 Å². The van der Waals surface area contributed by atoms with Gasteiger partial charge in [-0.15, -0.1) is 0 Å². The van der Waals surface area contributed by atoms with Crippen LogP contribution in [0.5, 0.6) is 0 Å². The van der Waals surface area contributed by atoms with E-state index in [9.17, 15) is 27.2 Å². The lowest BCUT2D eigenvalue weighted by atomic mass is 10.1. The predicted octanol–water partition coefficient (Wildman–Crippen LogP) is 3.34. The summed E-state index contributed by atoms with van der Waals surface area (Å²) in [5, 5.41) is 2.44. The average molecular weight is 366 g/mol. The lowest BCUT2D eigenvalue weighted by Gasteiger charge is -2.18. The van der Waals surface area contributed by atoms with E-state index in [1.807, 2.05) is 0 Å². The summed E-state index contributed by atoms with van der Waals surface area (Å²) >= 11 is 0.945. The van der Waals surface area contributed by atoms with Gasteiger partial charge in [0.2, 0.25) is 5.44 Å². The van der Waals surface area contributed by atoms with Gasteiger partial charge in [-0.25, -0.2) is 9.18 Å². The lowest BCUT2D eigenvalue weighted by molar-refractivity contribution is -0.140. The second kappa shape index (κ2) is 6.88. The third kappa shape index (κ3) is 4.11. The van der Waals surface area contributed by atoms with E-state index in [2.05, 4.69) is 5.32 Å². The molecule has 1 aliphatic rings. The van der Waals surface area contributed by atoms with E-state index in [0.29, 0.717) is 12.1 Å². The summed E-state index contributed by atoms with van der Waals surface area (Å²) in [5.74, 6) is -2.12. The van der Waals surface area contributed by atoms with E-state index in [1.54, 1.807) is 13.8 Å². The van der Waals surface area contributed by atoms with E-state index in [4.69, 9.17) is 4.74 Å². The molecule has 1 N–H and O–H groups in total. The number of amides is 2. The fourth-order valence-corrected chi connectivity index (χ4v) is 2.94. The Balaban J connectivity index is 2.14. The summed E-state index contributed by atoms with van der Waals surface area (Å²) in [7, 11) is 0. The molecule has 132 valence electrons. The van der Waals surface area contributed by atoms with Crippen LogP contribution >= 0.6 is 11.8 Å². The number of nitrogens with one attached hydrogen (secondary N) is 1. The van der Waals surface area contributed by atoms with E-state index >= 15 is 0 Å². The van der Waals surface area contributed by atoms with Crippen molar-refractivity contribution in [3.05, 3.63) is 29.6 Å². The zero-order valence-corrected chi connectivity index (χ0v) is 13.5. The van der Waals surface area contributed by atoms with Crippen LogP contribution in [-0.4, -0.2) is 29.4 Å². The first-order valence-electron chi connectivity index (χ1n) is 6.86. The van der Waals surface area contributed by atoms with Gasteiger partial charge in [-0.3, -0.25) is 9.69 Å². The van der Waals surface area contributed by atoms with Crippen LogP contribution in [0.25, 0.3) is 0 Å². The molecule has 1 atom stereocenters. The van der Waals surface area contributed by atoms with Gasteiger partial charge in [-0.2, -0.15) is 13.2 Å². The Hall–Kier alpha value is -1.97. The van der Waals surface area contributed by atoms with Gasteiger partial charge >= 0.3 is 12.3 Å². The van der Waals surface area contributed by atoms with Gasteiger partial charge in [0.25, 0.3) is 5.91 Å². The quantitative estimate of drug-likeness (QED) is 0.834. The molecule has 0 aromatic heterocycles. The lowest BCUT2D eigenvalue weighted by Crippen LogP contribution is -2.37. The number of halogens is 4. The molecule has 24 heavy (non-hydrogen) atoms. The molecule has 5 nitrogen and oxygen atoms in total. The molecule has 1 heterocycles. The number of hydrogen-bond donors (Lipinski definition) is 1. The minimum Gasteiger partial charge on any atom is -0.425 e. The van der Waals surface area contributed by atoms with Crippen LogP contribution in [0, 0.1) is 5.82 Å². The molecule has 1 aromatic carbocycles. The number of alkyl carbamates (subject to hydrolysis) is 1. The minimum absolute atomic E-state index is 0.0125. The Kier molecular flexibility index (Phi) is 5.26. The summed E-state index contributed by atoms with van der Waals surface area (Å²) in [6, 6.07) is 2.08. The molecule has 0 bridgehead atoms. The van der Waals surface area contributed by atoms with Crippen molar-refractivity contribution in [2.24, 2.45) is 0 Å². The number of anilines is 1. The Morgan fingerprint density at radius 3 is 2.67 bits per heavy atom. The van der Waals surface area contributed by atoms with Crippen LogP contribution in [0.4, 0.5) is 28.0 Å². The number of thioether (sulfide) groups is 1. The summed E-state index contributed by atoms with van der Waals surface area (Å²) in [6.45, 7) is 3.41. The van der Waals surface area contributed by atoms with Crippen LogP contribution in [0.2, 0.25) is 0 Å². The van der Waals surface area contributed by atoms with Crippen LogP contribution < -0.4 is 10.2 Å². The molecule has 0 saturated carbocycles. The van der Waals surface area contributed by atoms with Gasteiger partial charge in [0.15, 0.2) is 0 Å². The van der Waals surface area contributed by atoms with Crippen molar-refractivity contribution in [2.45, 2.75) is 31.5 Å². The molecule has 0 spiro atoms. The topological polar surface area (TPSA) is 58.6 Å². The molecule has 0 radical (unpaired) electrons. The third-order valence-corrected chi connectivity index (χ3v) is 4.02. The molecule has 10 heteroatoms. The van der Waals surface area contributed by atoms with Crippen molar-refractivity contribution in [3.8, 4) is 0 Å². The fraction of sp³-hybridized carbons (Fsp3) is 0.429. The highest BCUT2D eigenvalue weighted by atomic mass is 32.2. The van der Waals surface area contributed by atoms with Crippen molar-refractivity contribution < 1.29 is 31.9 Å². The normalized spacial score (nSPS) is 18.2. The van der Waals surface area contributed by atoms with Crippen molar-refractivity contribution >= 4 is 29.4 Å². The van der Waals surface area contributed by atoms with Crippen LogP contribution in [-0.2, 0) is 15.7 Å². The summed E-state index contributed by atoms with van der Waals surface area (Å²) in [4.78, 5) is 24.7. The molecule has 0 aliphatic carbocycles.